The van der Waals surface area contributed by atoms with Gasteiger partial charge in [-0.2, -0.15) is 0 Å². The SMILES string of the molecule is CC1CCCC(N2CCC(c3c(Br)ccc(Cl)c3F)=CC2=O)c2cc(ccn2)-c2c(ccc(F)c2F)NC1=O. The molecule has 3 heterocycles. The van der Waals surface area contributed by atoms with Crippen LogP contribution in [0.25, 0.3) is 16.7 Å². The second-order valence-corrected chi connectivity index (χ2v) is 11.0. The van der Waals surface area contributed by atoms with Crippen molar-refractivity contribution in [3.05, 3.63) is 86.9 Å². The number of hydrogen-bond acceptors (Lipinski definition) is 3. The molecule has 2 aromatic carbocycles. The van der Waals surface area contributed by atoms with Crippen LogP contribution in [0.5, 0.6) is 0 Å². The zero-order chi connectivity index (χ0) is 27.8. The molecule has 5 rings (SSSR count). The molecule has 3 aromatic rings. The molecule has 0 aliphatic carbocycles. The lowest BCUT2D eigenvalue weighted by molar-refractivity contribution is -0.129. The molecule has 202 valence electrons. The number of rotatable bonds is 2. The first-order valence-corrected chi connectivity index (χ1v) is 13.7. The standard InChI is InChI=1S/C29H24BrClF3N3O2/c1-15-3-2-4-23(37-12-10-17(14-24(37)38)25-18(30)5-6-19(31)27(25)33)22-13-16(9-11-35-22)26-21(36-29(15)39)8-7-20(32)28(26)34/h5-9,11,13-15,23H,2-4,10,12H2,1H3,(H,36,39). The molecule has 2 amide bonds. The largest absolute Gasteiger partial charge is 0.330 e. The van der Waals surface area contributed by atoms with E-state index in [0.29, 0.717) is 47.0 Å². The van der Waals surface area contributed by atoms with Crippen LogP contribution in [0.15, 0.2) is 53.1 Å². The molecule has 2 aliphatic rings. The fourth-order valence-corrected chi connectivity index (χ4v) is 5.89. The monoisotopic (exact) mass is 617 g/mol. The topological polar surface area (TPSA) is 62.3 Å². The summed E-state index contributed by atoms with van der Waals surface area (Å²) in [6.45, 7) is 2.06. The third-order valence-corrected chi connectivity index (χ3v) is 8.22. The molecule has 5 nitrogen and oxygen atoms in total. The van der Waals surface area contributed by atoms with Gasteiger partial charge in [-0.05, 0) is 66.8 Å². The lowest BCUT2D eigenvalue weighted by Gasteiger charge is -2.34. The Morgan fingerprint density at radius 2 is 1.85 bits per heavy atom. The first-order chi connectivity index (χ1) is 18.7. The van der Waals surface area contributed by atoms with Gasteiger partial charge in [0.1, 0.15) is 5.82 Å². The summed E-state index contributed by atoms with van der Waals surface area (Å²) in [6, 6.07) is 8.08. The summed E-state index contributed by atoms with van der Waals surface area (Å²) in [5, 5.41) is 2.70. The predicted octanol–water partition coefficient (Wildman–Crippen LogP) is 7.70. The average Bonchev–Trinajstić information content (AvgIpc) is 2.91. The second-order valence-electron chi connectivity index (χ2n) is 9.76. The van der Waals surface area contributed by atoms with Crippen LogP contribution in [-0.4, -0.2) is 28.2 Å². The summed E-state index contributed by atoms with van der Waals surface area (Å²) in [6.07, 6.45) is 4.89. The quantitative estimate of drug-likeness (QED) is 0.300. The first kappa shape index (κ1) is 27.4. The van der Waals surface area contributed by atoms with Gasteiger partial charge in [0.05, 0.1) is 22.4 Å². The van der Waals surface area contributed by atoms with Crippen molar-refractivity contribution < 1.29 is 22.8 Å². The van der Waals surface area contributed by atoms with E-state index in [-0.39, 0.29) is 40.2 Å². The van der Waals surface area contributed by atoms with Crippen LogP contribution in [0.2, 0.25) is 5.02 Å². The lowest BCUT2D eigenvalue weighted by Crippen LogP contribution is -2.38. The number of hydrogen-bond donors (Lipinski definition) is 1. The Kier molecular flexibility index (Phi) is 7.82. The molecule has 2 aliphatic heterocycles. The molecule has 39 heavy (non-hydrogen) atoms. The zero-order valence-corrected chi connectivity index (χ0v) is 23.3. The van der Waals surface area contributed by atoms with Gasteiger partial charge in [-0.3, -0.25) is 14.6 Å². The fourth-order valence-electron chi connectivity index (χ4n) is 5.17. The molecule has 2 bridgehead atoms. The van der Waals surface area contributed by atoms with Crippen molar-refractivity contribution in [2.24, 2.45) is 5.92 Å². The maximum Gasteiger partial charge on any atom is 0.247 e. The van der Waals surface area contributed by atoms with Crippen LogP contribution >= 0.6 is 27.5 Å². The molecule has 0 spiro atoms. The molecular formula is C29H24BrClF3N3O2. The van der Waals surface area contributed by atoms with Crippen molar-refractivity contribution in [3.8, 4) is 11.1 Å². The molecule has 10 heteroatoms. The third-order valence-electron chi connectivity index (χ3n) is 7.27. The molecular weight excluding hydrogens is 595 g/mol. The van der Waals surface area contributed by atoms with Crippen molar-refractivity contribution >= 4 is 50.6 Å². The van der Waals surface area contributed by atoms with Crippen LogP contribution in [0.3, 0.4) is 0 Å². The Bertz CT molecular complexity index is 1510. The van der Waals surface area contributed by atoms with Crippen LogP contribution in [0.4, 0.5) is 18.9 Å². The number of nitrogens with one attached hydrogen (secondary N) is 1. The van der Waals surface area contributed by atoms with Crippen LogP contribution in [-0.2, 0) is 9.59 Å². The highest BCUT2D eigenvalue weighted by atomic mass is 79.9. The van der Waals surface area contributed by atoms with Gasteiger partial charge >= 0.3 is 0 Å². The molecule has 0 saturated heterocycles. The van der Waals surface area contributed by atoms with E-state index in [1.54, 1.807) is 30.0 Å². The van der Waals surface area contributed by atoms with E-state index in [1.165, 1.54) is 24.4 Å². The smallest absolute Gasteiger partial charge is 0.247 e. The van der Waals surface area contributed by atoms with E-state index in [2.05, 4.69) is 26.2 Å². The molecule has 2 atom stereocenters. The Balaban J connectivity index is 1.56. The van der Waals surface area contributed by atoms with Crippen molar-refractivity contribution in [3.63, 3.8) is 0 Å². The number of carbonyl (C=O) groups excluding carboxylic acids is 2. The van der Waals surface area contributed by atoms with E-state index in [1.807, 2.05) is 0 Å². The number of nitrogens with zero attached hydrogens (tertiary/aromatic N) is 2. The van der Waals surface area contributed by atoms with Gasteiger partial charge in [0.25, 0.3) is 0 Å². The highest BCUT2D eigenvalue weighted by Gasteiger charge is 2.31. The number of anilines is 1. The second kappa shape index (κ2) is 11.1. The number of pyridine rings is 1. The Labute approximate surface area is 237 Å². The van der Waals surface area contributed by atoms with E-state index in [0.717, 1.165) is 6.07 Å². The van der Waals surface area contributed by atoms with Gasteiger partial charge in [-0.1, -0.05) is 40.9 Å². The summed E-state index contributed by atoms with van der Waals surface area (Å²) in [5.41, 5.74) is 1.71. The van der Waals surface area contributed by atoms with Crippen molar-refractivity contribution in [1.82, 2.24) is 9.88 Å². The number of amides is 2. The van der Waals surface area contributed by atoms with Gasteiger partial charge in [0, 0.05) is 40.3 Å². The number of carbonyl (C=O) groups is 2. The minimum atomic E-state index is -1.08. The highest BCUT2D eigenvalue weighted by molar-refractivity contribution is 9.10. The zero-order valence-electron chi connectivity index (χ0n) is 20.9. The van der Waals surface area contributed by atoms with E-state index >= 15 is 4.39 Å². The van der Waals surface area contributed by atoms with Gasteiger partial charge in [-0.25, -0.2) is 13.2 Å². The number of halogens is 5. The number of fused-ring (bicyclic) bond motifs is 4. The summed E-state index contributed by atoms with van der Waals surface area (Å²) in [5.74, 6) is -3.74. The third kappa shape index (κ3) is 5.34. The van der Waals surface area contributed by atoms with E-state index in [4.69, 9.17) is 11.6 Å². The first-order valence-electron chi connectivity index (χ1n) is 12.6. The van der Waals surface area contributed by atoms with Crippen molar-refractivity contribution in [2.45, 2.75) is 38.6 Å². The predicted molar refractivity (Wildman–Crippen MR) is 147 cm³/mol. The number of aromatic nitrogens is 1. The minimum absolute atomic E-state index is 0.0357. The van der Waals surface area contributed by atoms with E-state index in [9.17, 15) is 18.4 Å². The lowest BCUT2D eigenvalue weighted by atomic mass is 9.92. The fraction of sp³-hybridized carbons (Fsp3) is 0.276. The van der Waals surface area contributed by atoms with E-state index < -0.39 is 29.4 Å². The van der Waals surface area contributed by atoms with Crippen molar-refractivity contribution in [1.29, 1.82) is 0 Å². The molecule has 0 fully saturated rings. The Morgan fingerprint density at radius 1 is 1.05 bits per heavy atom. The number of benzene rings is 2. The molecule has 0 radical (unpaired) electrons. The molecule has 1 N–H and O–H groups in total. The summed E-state index contributed by atoms with van der Waals surface area (Å²) >= 11 is 9.35. The maximum atomic E-state index is 15.1. The van der Waals surface area contributed by atoms with Crippen molar-refractivity contribution in [2.75, 3.05) is 11.9 Å². The Hall–Kier alpha value is -3.17. The maximum absolute atomic E-state index is 15.1. The van der Waals surface area contributed by atoms with Crippen LogP contribution in [0, 0.1) is 23.4 Å². The molecule has 0 saturated carbocycles. The van der Waals surface area contributed by atoms with Crippen LogP contribution in [0.1, 0.15) is 49.9 Å². The minimum Gasteiger partial charge on any atom is -0.330 e. The summed E-state index contributed by atoms with van der Waals surface area (Å²) < 4.78 is 44.7. The van der Waals surface area contributed by atoms with Gasteiger partial charge in [0.15, 0.2) is 11.6 Å². The Morgan fingerprint density at radius 3 is 2.62 bits per heavy atom. The van der Waals surface area contributed by atoms with Gasteiger partial charge in [0.2, 0.25) is 11.8 Å². The van der Waals surface area contributed by atoms with Crippen LogP contribution < -0.4 is 5.32 Å². The summed E-state index contributed by atoms with van der Waals surface area (Å²) in [7, 11) is 0. The average molecular weight is 619 g/mol. The normalized spacial score (nSPS) is 19.9. The molecule has 2 unspecified atom stereocenters. The summed E-state index contributed by atoms with van der Waals surface area (Å²) in [4.78, 5) is 32.4. The van der Waals surface area contributed by atoms with Gasteiger partial charge < -0.3 is 10.2 Å². The molecule has 1 aromatic heterocycles. The highest BCUT2D eigenvalue weighted by Crippen LogP contribution is 2.39. The van der Waals surface area contributed by atoms with Gasteiger partial charge in [-0.15, -0.1) is 0 Å².